The third-order valence-electron chi connectivity index (χ3n) is 5.81. The number of fused-ring (bicyclic) bond motifs is 2. The van der Waals surface area contributed by atoms with Gasteiger partial charge in [0.1, 0.15) is 0 Å². The van der Waals surface area contributed by atoms with Crippen LogP contribution in [0.5, 0.6) is 0 Å². The smallest absolute Gasteiger partial charge is 0.317 e. The maximum absolute atomic E-state index is 13.1. The number of benzodiazepines with no additional fused rings is 1. The number of carbonyl (C=O) groups excluding carboxylic acids is 1. The molecular formula is C27H20N6O2. The van der Waals surface area contributed by atoms with Gasteiger partial charge in [-0.25, -0.2) is 4.99 Å². The van der Waals surface area contributed by atoms with Crippen molar-refractivity contribution in [3.05, 3.63) is 102 Å². The Morgan fingerprint density at radius 1 is 0.914 bits per heavy atom. The summed E-state index contributed by atoms with van der Waals surface area (Å²) in [5.41, 5.74) is 5.81. The molecule has 0 unspecified atom stereocenters. The Morgan fingerprint density at radius 2 is 1.74 bits per heavy atom. The molecule has 35 heavy (non-hydrogen) atoms. The molecule has 0 aliphatic carbocycles. The average Bonchev–Trinajstić information content (AvgIpc) is 3.30. The molecule has 0 saturated heterocycles. The number of aromatic nitrogens is 3. The van der Waals surface area contributed by atoms with Crippen LogP contribution in [0.4, 0.5) is 11.7 Å². The van der Waals surface area contributed by atoms with Crippen molar-refractivity contribution in [3.8, 4) is 11.5 Å². The molecule has 3 heterocycles. The first-order valence-electron chi connectivity index (χ1n) is 11.1. The van der Waals surface area contributed by atoms with Gasteiger partial charge in [0, 0.05) is 28.3 Å². The zero-order valence-corrected chi connectivity index (χ0v) is 18.8. The van der Waals surface area contributed by atoms with Gasteiger partial charge in [-0.05, 0) is 31.2 Å². The van der Waals surface area contributed by atoms with Crippen LogP contribution in [0.1, 0.15) is 16.7 Å². The van der Waals surface area contributed by atoms with Crippen LogP contribution < -0.4 is 10.6 Å². The molecule has 3 aromatic carbocycles. The number of nitrogens with one attached hydrogen (secondary N) is 2. The van der Waals surface area contributed by atoms with Gasteiger partial charge in [-0.15, -0.1) is 5.10 Å². The minimum atomic E-state index is -0.970. The Morgan fingerprint density at radius 3 is 2.63 bits per heavy atom. The number of rotatable bonds is 4. The van der Waals surface area contributed by atoms with Gasteiger partial charge >= 0.3 is 6.01 Å². The minimum Gasteiger partial charge on any atom is -0.403 e. The van der Waals surface area contributed by atoms with Gasteiger partial charge in [0.15, 0.2) is 0 Å². The van der Waals surface area contributed by atoms with Gasteiger partial charge in [-0.2, -0.15) is 0 Å². The van der Waals surface area contributed by atoms with Crippen molar-refractivity contribution in [1.82, 2.24) is 15.2 Å². The van der Waals surface area contributed by atoms with Gasteiger partial charge in [0.05, 0.1) is 16.9 Å². The molecule has 0 fully saturated rings. The predicted molar refractivity (Wildman–Crippen MR) is 134 cm³/mol. The van der Waals surface area contributed by atoms with Crippen molar-refractivity contribution in [2.45, 2.75) is 13.1 Å². The zero-order chi connectivity index (χ0) is 23.8. The van der Waals surface area contributed by atoms with E-state index in [0.29, 0.717) is 17.3 Å². The SMILES string of the molecule is Cc1ccc2nccc(-c3nnc(N[C@H]4N=C(c5ccccc5)c5ccccc5NC4=O)o3)c2c1. The summed E-state index contributed by atoms with van der Waals surface area (Å²) in [7, 11) is 0. The molecule has 0 bridgehead atoms. The minimum absolute atomic E-state index is 0.0971. The third kappa shape index (κ3) is 3.91. The number of aryl methyl sites for hydroxylation is 1. The molecule has 8 heteroatoms. The number of hydrogen-bond donors (Lipinski definition) is 2. The molecule has 6 rings (SSSR count). The highest BCUT2D eigenvalue weighted by atomic mass is 16.4. The maximum atomic E-state index is 13.1. The van der Waals surface area contributed by atoms with Crippen molar-refractivity contribution in [2.24, 2.45) is 4.99 Å². The second kappa shape index (κ2) is 8.49. The molecule has 5 aromatic rings. The van der Waals surface area contributed by atoms with E-state index < -0.39 is 6.17 Å². The van der Waals surface area contributed by atoms with Gasteiger partial charge in [-0.3, -0.25) is 9.78 Å². The molecule has 1 aliphatic rings. The van der Waals surface area contributed by atoms with Gasteiger partial charge in [0.25, 0.3) is 5.91 Å². The van der Waals surface area contributed by atoms with Crippen LogP contribution >= 0.6 is 0 Å². The van der Waals surface area contributed by atoms with Crippen molar-refractivity contribution in [1.29, 1.82) is 0 Å². The Hall–Kier alpha value is -4.85. The second-order valence-corrected chi connectivity index (χ2v) is 8.22. The number of nitrogens with zero attached hydrogens (tertiary/aromatic N) is 4. The van der Waals surface area contributed by atoms with E-state index in [1.165, 1.54) is 0 Å². The number of amides is 1. The summed E-state index contributed by atoms with van der Waals surface area (Å²) in [5.74, 6) is 0.00296. The van der Waals surface area contributed by atoms with Crippen LogP contribution in [0, 0.1) is 6.92 Å². The van der Waals surface area contributed by atoms with Crippen molar-refractivity contribution >= 4 is 34.2 Å². The lowest BCUT2D eigenvalue weighted by atomic mass is 10.0. The lowest BCUT2D eigenvalue weighted by Crippen LogP contribution is -2.32. The lowest BCUT2D eigenvalue weighted by Gasteiger charge is -2.11. The van der Waals surface area contributed by atoms with Crippen LogP contribution in [-0.2, 0) is 4.79 Å². The van der Waals surface area contributed by atoms with Gasteiger partial charge in [-0.1, -0.05) is 65.3 Å². The Labute approximate surface area is 200 Å². The monoisotopic (exact) mass is 460 g/mol. The van der Waals surface area contributed by atoms with Crippen LogP contribution in [0.2, 0.25) is 0 Å². The Kier molecular flexibility index (Phi) is 5.03. The summed E-state index contributed by atoms with van der Waals surface area (Å²) in [6.45, 7) is 2.02. The van der Waals surface area contributed by atoms with E-state index in [0.717, 1.165) is 33.2 Å². The van der Waals surface area contributed by atoms with Crippen molar-refractivity contribution in [3.63, 3.8) is 0 Å². The molecule has 0 radical (unpaired) electrons. The maximum Gasteiger partial charge on any atom is 0.317 e. The largest absolute Gasteiger partial charge is 0.403 e. The lowest BCUT2D eigenvalue weighted by molar-refractivity contribution is -0.116. The van der Waals surface area contributed by atoms with E-state index in [-0.39, 0.29) is 11.9 Å². The normalized spacial score (nSPS) is 15.2. The summed E-state index contributed by atoms with van der Waals surface area (Å²) in [4.78, 5) is 22.2. The third-order valence-corrected chi connectivity index (χ3v) is 5.81. The molecule has 1 aliphatic heterocycles. The standard InChI is InChI=1S/C27H20N6O2/c1-16-11-12-21-20(15-16)18(13-14-28-21)26-32-33-27(35-26)31-24-25(34)29-22-10-6-5-9-19(22)23(30-24)17-7-3-2-4-8-17/h2-15,24H,1H3,(H,29,34)(H,31,33)/t24-/m1/s1. The van der Waals surface area contributed by atoms with E-state index in [1.807, 2.05) is 85.8 Å². The summed E-state index contributed by atoms with van der Waals surface area (Å²) in [6.07, 6.45) is 0.735. The second-order valence-electron chi connectivity index (χ2n) is 8.22. The Bertz CT molecular complexity index is 1590. The number of pyridine rings is 1. The molecule has 0 saturated carbocycles. The fourth-order valence-electron chi connectivity index (χ4n) is 4.13. The quantitative estimate of drug-likeness (QED) is 0.398. The fourth-order valence-corrected chi connectivity index (χ4v) is 4.13. The number of para-hydroxylation sites is 1. The highest BCUT2D eigenvalue weighted by Gasteiger charge is 2.27. The number of benzene rings is 3. The van der Waals surface area contributed by atoms with E-state index in [4.69, 9.17) is 9.41 Å². The van der Waals surface area contributed by atoms with E-state index in [1.54, 1.807) is 6.20 Å². The number of carbonyl (C=O) groups is 1. The van der Waals surface area contributed by atoms with Crippen LogP contribution in [0.3, 0.4) is 0 Å². The topological polar surface area (TPSA) is 105 Å². The summed E-state index contributed by atoms with van der Waals surface area (Å²) in [6, 6.07) is 25.2. The van der Waals surface area contributed by atoms with Crippen LogP contribution in [0.15, 0.2) is 94.5 Å². The molecular weight excluding hydrogens is 440 g/mol. The van der Waals surface area contributed by atoms with E-state index >= 15 is 0 Å². The molecule has 1 amide bonds. The van der Waals surface area contributed by atoms with E-state index in [2.05, 4.69) is 25.8 Å². The molecule has 170 valence electrons. The Balaban J connectivity index is 1.37. The number of aliphatic imine (C=N–C) groups is 1. The summed E-state index contributed by atoms with van der Waals surface area (Å²) in [5, 5.41) is 15.2. The highest BCUT2D eigenvalue weighted by Crippen LogP contribution is 2.29. The average molecular weight is 460 g/mol. The molecule has 1 atom stereocenters. The first-order valence-corrected chi connectivity index (χ1v) is 11.1. The zero-order valence-electron chi connectivity index (χ0n) is 18.8. The first-order chi connectivity index (χ1) is 17.2. The number of anilines is 2. The van der Waals surface area contributed by atoms with Crippen LogP contribution in [-0.4, -0.2) is 33.0 Å². The van der Waals surface area contributed by atoms with Gasteiger partial charge < -0.3 is 15.1 Å². The van der Waals surface area contributed by atoms with Crippen molar-refractivity contribution < 1.29 is 9.21 Å². The summed E-state index contributed by atoms with van der Waals surface area (Å²) < 4.78 is 5.92. The number of hydrogen-bond acceptors (Lipinski definition) is 7. The van der Waals surface area contributed by atoms with Crippen LogP contribution in [0.25, 0.3) is 22.4 Å². The molecule has 8 nitrogen and oxygen atoms in total. The molecule has 2 aromatic heterocycles. The highest BCUT2D eigenvalue weighted by molar-refractivity contribution is 6.19. The predicted octanol–water partition coefficient (Wildman–Crippen LogP) is 4.82. The summed E-state index contributed by atoms with van der Waals surface area (Å²) >= 11 is 0. The van der Waals surface area contributed by atoms with Crippen molar-refractivity contribution in [2.75, 3.05) is 10.6 Å². The van der Waals surface area contributed by atoms with Gasteiger partial charge in [0.2, 0.25) is 12.1 Å². The first kappa shape index (κ1) is 20.7. The van der Waals surface area contributed by atoms with E-state index in [9.17, 15) is 4.79 Å². The molecule has 0 spiro atoms. The fraction of sp³-hybridized carbons (Fsp3) is 0.0741. The molecule has 2 N–H and O–H groups in total.